The van der Waals surface area contributed by atoms with E-state index in [-0.39, 0.29) is 4.90 Å². The lowest BCUT2D eigenvalue weighted by atomic mass is 10.2. The summed E-state index contributed by atoms with van der Waals surface area (Å²) >= 11 is 0. The summed E-state index contributed by atoms with van der Waals surface area (Å²) in [5, 5.41) is 1.68. The zero-order valence-corrected chi connectivity index (χ0v) is 15.6. The van der Waals surface area contributed by atoms with Gasteiger partial charge in [0.1, 0.15) is 0 Å². The third-order valence-electron chi connectivity index (χ3n) is 3.11. The lowest BCUT2D eigenvalue weighted by molar-refractivity contribution is 0.484. The average molecular weight is 317 g/mol. The molecule has 1 rings (SSSR count). The second-order valence-corrected chi connectivity index (χ2v) is 18.6. The molecule has 0 fully saturated rings. The summed E-state index contributed by atoms with van der Waals surface area (Å²) in [6, 6.07) is 3.86. The van der Waals surface area contributed by atoms with Crippen molar-refractivity contribution < 1.29 is 13.0 Å². The Bertz CT molecular complexity index is 558. The molecule has 0 aliphatic carbocycles. The standard InChI is InChI=1S/C13H24O3SSi2/c1-10-8-11(18(2,3)4)13(17(14,15)16)12(9-10)19(5,6)7/h8-9H,1-7H3,(H,14,15,16). The predicted octanol–water partition coefficient (Wildman–Crippen LogP) is 2.33. The van der Waals surface area contributed by atoms with Crippen LogP contribution < -0.4 is 10.4 Å². The maximum absolute atomic E-state index is 11.9. The van der Waals surface area contributed by atoms with E-state index in [1.807, 2.05) is 19.1 Å². The fraction of sp³-hybridized carbons (Fsp3) is 0.538. The molecular weight excluding hydrogens is 292 g/mol. The quantitative estimate of drug-likeness (QED) is 0.688. The first kappa shape index (κ1) is 16.6. The van der Waals surface area contributed by atoms with Crippen LogP contribution in [0.1, 0.15) is 5.56 Å². The Balaban J connectivity index is 3.91. The van der Waals surface area contributed by atoms with Crippen LogP contribution in [0, 0.1) is 6.92 Å². The molecule has 1 aromatic carbocycles. The zero-order chi connectivity index (χ0) is 15.2. The van der Waals surface area contributed by atoms with Gasteiger partial charge in [-0.05, 0) is 17.3 Å². The minimum absolute atomic E-state index is 0.191. The van der Waals surface area contributed by atoms with Gasteiger partial charge >= 0.3 is 0 Å². The van der Waals surface area contributed by atoms with E-state index in [0.717, 1.165) is 15.9 Å². The van der Waals surface area contributed by atoms with Crippen LogP contribution in [0.5, 0.6) is 0 Å². The van der Waals surface area contributed by atoms with Crippen LogP contribution in [0.4, 0.5) is 0 Å². The van der Waals surface area contributed by atoms with Crippen molar-refractivity contribution in [3.63, 3.8) is 0 Å². The molecular formula is C13H24O3SSi2. The van der Waals surface area contributed by atoms with Crippen molar-refractivity contribution in [2.45, 2.75) is 51.1 Å². The molecule has 6 heteroatoms. The molecule has 0 spiro atoms. The van der Waals surface area contributed by atoms with Crippen LogP contribution in [0.15, 0.2) is 17.0 Å². The molecule has 0 amide bonds. The summed E-state index contributed by atoms with van der Waals surface area (Å²) in [5.41, 5.74) is 1.07. The molecule has 0 aliphatic rings. The molecule has 3 nitrogen and oxygen atoms in total. The van der Waals surface area contributed by atoms with Gasteiger partial charge in [-0.1, -0.05) is 57.0 Å². The minimum Gasteiger partial charge on any atom is -0.282 e. The van der Waals surface area contributed by atoms with E-state index in [9.17, 15) is 13.0 Å². The fourth-order valence-corrected chi connectivity index (χ4v) is 8.53. The van der Waals surface area contributed by atoms with E-state index in [1.54, 1.807) is 0 Å². The van der Waals surface area contributed by atoms with Gasteiger partial charge in [0.05, 0.1) is 21.0 Å². The van der Waals surface area contributed by atoms with Gasteiger partial charge in [0.25, 0.3) is 10.1 Å². The van der Waals surface area contributed by atoms with Crippen LogP contribution in [0.3, 0.4) is 0 Å². The molecule has 0 atom stereocenters. The molecule has 0 unspecified atom stereocenters. The van der Waals surface area contributed by atoms with Gasteiger partial charge in [-0.15, -0.1) is 0 Å². The van der Waals surface area contributed by atoms with Crippen molar-refractivity contribution in [1.29, 1.82) is 0 Å². The monoisotopic (exact) mass is 316 g/mol. The Hall–Kier alpha value is -0.436. The van der Waals surface area contributed by atoms with Gasteiger partial charge in [0, 0.05) is 0 Å². The van der Waals surface area contributed by atoms with Crippen LogP contribution in [-0.4, -0.2) is 29.1 Å². The van der Waals surface area contributed by atoms with Gasteiger partial charge in [0.2, 0.25) is 0 Å². The van der Waals surface area contributed by atoms with Crippen LogP contribution >= 0.6 is 0 Å². The number of benzene rings is 1. The van der Waals surface area contributed by atoms with Crippen molar-refractivity contribution in [2.24, 2.45) is 0 Å². The molecule has 0 saturated heterocycles. The van der Waals surface area contributed by atoms with Gasteiger partial charge < -0.3 is 0 Å². The first-order chi connectivity index (χ1) is 8.24. The third kappa shape index (κ3) is 3.78. The third-order valence-corrected chi connectivity index (χ3v) is 8.45. The summed E-state index contributed by atoms with van der Waals surface area (Å²) in [4.78, 5) is 0.191. The van der Waals surface area contributed by atoms with Gasteiger partial charge in [-0.2, -0.15) is 8.42 Å². The molecule has 0 radical (unpaired) electrons. The fourth-order valence-electron chi connectivity index (χ4n) is 2.17. The molecule has 1 N–H and O–H groups in total. The molecule has 0 aliphatic heterocycles. The lowest BCUT2D eigenvalue weighted by Gasteiger charge is -2.27. The molecule has 0 heterocycles. The minimum atomic E-state index is -4.18. The number of hydrogen-bond donors (Lipinski definition) is 1. The van der Waals surface area contributed by atoms with E-state index < -0.39 is 26.3 Å². The van der Waals surface area contributed by atoms with Gasteiger partial charge in [-0.3, -0.25) is 4.55 Å². The number of rotatable bonds is 3. The normalized spacial score (nSPS) is 13.7. The molecule has 108 valence electrons. The zero-order valence-electron chi connectivity index (χ0n) is 12.8. The predicted molar refractivity (Wildman–Crippen MR) is 87.0 cm³/mol. The maximum atomic E-state index is 11.9. The van der Waals surface area contributed by atoms with Gasteiger partial charge in [0.15, 0.2) is 0 Å². The highest BCUT2D eigenvalue weighted by Gasteiger charge is 2.33. The van der Waals surface area contributed by atoms with E-state index in [1.165, 1.54) is 0 Å². The van der Waals surface area contributed by atoms with Crippen molar-refractivity contribution >= 4 is 36.6 Å². The molecule has 0 bridgehead atoms. The first-order valence-corrected chi connectivity index (χ1v) is 14.8. The number of aryl methyl sites for hydroxylation is 1. The first-order valence-electron chi connectivity index (χ1n) is 6.37. The van der Waals surface area contributed by atoms with Gasteiger partial charge in [-0.25, -0.2) is 0 Å². The lowest BCUT2D eigenvalue weighted by Crippen LogP contribution is -2.50. The second kappa shape index (κ2) is 4.84. The summed E-state index contributed by atoms with van der Waals surface area (Å²) in [5.74, 6) is 0. The summed E-state index contributed by atoms with van der Waals surface area (Å²) in [6.45, 7) is 14.6. The second-order valence-electron chi connectivity index (χ2n) is 7.16. The highest BCUT2D eigenvalue weighted by Crippen LogP contribution is 2.17. The smallest absolute Gasteiger partial charge is 0.282 e. The van der Waals surface area contributed by atoms with Crippen LogP contribution in [0.25, 0.3) is 0 Å². The Labute approximate surface area is 118 Å². The summed E-state index contributed by atoms with van der Waals surface area (Å²) in [7, 11) is -7.87. The molecule has 1 aromatic rings. The topological polar surface area (TPSA) is 54.4 Å². The highest BCUT2D eigenvalue weighted by molar-refractivity contribution is 7.86. The molecule has 0 aromatic heterocycles. The Morgan fingerprint density at radius 2 is 1.21 bits per heavy atom. The van der Waals surface area contributed by atoms with Crippen molar-refractivity contribution in [3.8, 4) is 0 Å². The van der Waals surface area contributed by atoms with Crippen molar-refractivity contribution in [1.82, 2.24) is 0 Å². The molecule has 19 heavy (non-hydrogen) atoms. The number of hydrogen-bond acceptors (Lipinski definition) is 2. The van der Waals surface area contributed by atoms with E-state index >= 15 is 0 Å². The average Bonchev–Trinajstić information content (AvgIpc) is 2.11. The molecule has 0 saturated carbocycles. The maximum Gasteiger partial charge on any atom is 0.294 e. The Morgan fingerprint density at radius 3 is 1.42 bits per heavy atom. The van der Waals surface area contributed by atoms with E-state index in [2.05, 4.69) is 39.3 Å². The Morgan fingerprint density at radius 1 is 0.895 bits per heavy atom. The van der Waals surface area contributed by atoms with Crippen molar-refractivity contribution in [3.05, 3.63) is 17.7 Å². The SMILES string of the molecule is Cc1cc([Si](C)(C)C)c(S(=O)(=O)O)c([Si](C)(C)C)c1. The van der Waals surface area contributed by atoms with Crippen molar-refractivity contribution in [2.75, 3.05) is 0 Å². The highest BCUT2D eigenvalue weighted by atomic mass is 32.2. The van der Waals surface area contributed by atoms with Crippen LogP contribution in [-0.2, 0) is 10.1 Å². The summed E-state index contributed by atoms with van der Waals surface area (Å²) in [6.07, 6.45) is 0. The van der Waals surface area contributed by atoms with E-state index in [0.29, 0.717) is 0 Å². The van der Waals surface area contributed by atoms with E-state index in [4.69, 9.17) is 0 Å². The Kier molecular flexibility index (Phi) is 4.23. The summed E-state index contributed by atoms with van der Waals surface area (Å²) < 4.78 is 33.4. The van der Waals surface area contributed by atoms with Crippen LogP contribution in [0.2, 0.25) is 39.3 Å². The largest absolute Gasteiger partial charge is 0.294 e.